The summed E-state index contributed by atoms with van der Waals surface area (Å²) in [5.41, 5.74) is 5.17. The van der Waals surface area contributed by atoms with Crippen LogP contribution in [0.2, 0.25) is 0 Å². The number of anilines is 1. The Balaban J connectivity index is 1.71. The van der Waals surface area contributed by atoms with E-state index < -0.39 is 0 Å². The summed E-state index contributed by atoms with van der Waals surface area (Å²) in [6.45, 7) is 4.13. The average molecular weight is 279 g/mol. The lowest BCUT2D eigenvalue weighted by molar-refractivity contribution is -0.115. The van der Waals surface area contributed by atoms with Gasteiger partial charge in [0.2, 0.25) is 5.91 Å². The second kappa shape index (κ2) is 5.40. The van der Waals surface area contributed by atoms with Gasteiger partial charge in [0.05, 0.1) is 18.1 Å². The number of nitrogens with zero attached hydrogens (tertiary/aromatic N) is 1. The molecule has 4 nitrogen and oxygen atoms in total. The number of benzene rings is 2. The number of H-pyrrole nitrogens is 1. The molecule has 0 aliphatic heterocycles. The standard InChI is InChI=1S/C17H17N3O/c1-11-3-4-13(7-12(11)2)8-17(21)19-15-6-5-14-10-18-20-16(14)9-15/h3-7,9-10H,8H2,1-2H3,(H,18,20)(H,19,21). The SMILES string of the molecule is Cc1ccc(CC(=O)Nc2ccc3cn[nH]c3c2)cc1C. The Labute approximate surface area is 123 Å². The molecule has 0 fully saturated rings. The van der Waals surface area contributed by atoms with Gasteiger partial charge in [-0.25, -0.2) is 0 Å². The first-order valence-electron chi connectivity index (χ1n) is 6.91. The largest absolute Gasteiger partial charge is 0.326 e. The van der Waals surface area contributed by atoms with E-state index in [1.807, 2.05) is 24.3 Å². The Kier molecular flexibility index (Phi) is 3.44. The molecule has 0 saturated carbocycles. The fourth-order valence-electron chi connectivity index (χ4n) is 2.32. The van der Waals surface area contributed by atoms with E-state index in [1.54, 1.807) is 6.20 Å². The normalized spacial score (nSPS) is 10.8. The molecule has 0 unspecified atom stereocenters. The third-order valence-corrected chi connectivity index (χ3v) is 3.66. The number of aromatic nitrogens is 2. The Morgan fingerprint density at radius 2 is 2.00 bits per heavy atom. The first kappa shape index (κ1) is 13.4. The van der Waals surface area contributed by atoms with Crippen molar-refractivity contribution in [1.82, 2.24) is 10.2 Å². The van der Waals surface area contributed by atoms with Crippen molar-refractivity contribution in [2.75, 3.05) is 5.32 Å². The number of rotatable bonds is 3. The number of carbonyl (C=O) groups is 1. The van der Waals surface area contributed by atoms with E-state index in [0.29, 0.717) is 6.42 Å². The summed E-state index contributed by atoms with van der Waals surface area (Å²) in [6.07, 6.45) is 2.14. The van der Waals surface area contributed by atoms with Gasteiger partial charge in [-0.3, -0.25) is 9.89 Å². The van der Waals surface area contributed by atoms with Crippen LogP contribution in [0.25, 0.3) is 10.9 Å². The summed E-state index contributed by atoms with van der Waals surface area (Å²) in [5, 5.41) is 10.8. The third kappa shape index (κ3) is 2.94. The quantitative estimate of drug-likeness (QED) is 0.772. The Bertz CT molecular complexity index is 805. The van der Waals surface area contributed by atoms with Crippen molar-refractivity contribution in [2.45, 2.75) is 20.3 Å². The minimum atomic E-state index is -0.0166. The maximum atomic E-state index is 12.1. The van der Waals surface area contributed by atoms with Gasteiger partial charge in [-0.1, -0.05) is 18.2 Å². The fraction of sp³-hybridized carbons (Fsp3) is 0.176. The Hall–Kier alpha value is -2.62. The summed E-state index contributed by atoms with van der Waals surface area (Å²) < 4.78 is 0. The highest BCUT2D eigenvalue weighted by molar-refractivity contribution is 5.94. The lowest BCUT2D eigenvalue weighted by Crippen LogP contribution is -2.14. The molecule has 21 heavy (non-hydrogen) atoms. The third-order valence-electron chi connectivity index (χ3n) is 3.66. The predicted octanol–water partition coefficient (Wildman–Crippen LogP) is 3.36. The van der Waals surface area contributed by atoms with Crippen LogP contribution in [0.4, 0.5) is 5.69 Å². The molecule has 0 saturated heterocycles. The smallest absolute Gasteiger partial charge is 0.228 e. The van der Waals surface area contributed by atoms with E-state index in [4.69, 9.17) is 0 Å². The average Bonchev–Trinajstić information content (AvgIpc) is 2.90. The molecule has 0 spiro atoms. The van der Waals surface area contributed by atoms with Crippen LogP contribution >= 0.6 is 0 Å². The van der Waals surface area contributed by atoms with Gasteiger partial charge >= 0.3 is 0 Å². The molecule has 1 heterocycles. The van der Waals surface area contributed by atoms with Crippen molar-refractivity contribution in [3.63, 3.8) is 0 Å². The van der Waals surface area contributed by atoms with E-state index in [1.165, 1.54) is 11.1 Å². The number of amides is 1. The van der Waals surface area contributed by atoms with Gasteiger partial charge in [0.15, 0.2) is 0 Å². The van der Waals surface area contributed by atoms with Gasteiger partial charge in [-0.2, -0.15) is 5.10 Å². The van der Waals surface area contributed by atoms with Gasteiger partial charge in [0.25, 0.3) is 0 Å². The molecule has 0 atom stereocenters. The Morgan fingerprint density at radius 3 is 2.81 bits per heavy atom. The van der Waals surface area contributed by atoms with Crippen LogP contribution in [0.15, 0.2) is 42.6 Å². The highest BCUT2D eigenvalue weighted by atomic mass is 16.1. The summed E-state index contributed by atoms with van der Waals surface area (Å²) in [6, 6.07) is 11.8. The lowest BCUT2D eigenvalue weighted by Gasteiger charge is -2.07. The molecule has 106 valence electrons. The first-order valence-corrected chi connectivity index (χ1v) is 6.91. The number of carbonyl (C=O) groups excluding carboxylic acids is 1. The molecule has 3 aromatic rings. The number of aromatic amines is 1. The van der Waals surface area contributed by atoms with Gasteiger partial charge in [0.1, 0.15) is 0 Å². The monoisotopic (exact) mass is 279 g/mol. The van der Waals surface area contributed by atoms with Crippen molar-refractivity contribution in [3.8, 4) is 0 Å². The van der Waals surface area contributed by atoms with E-state index >= 15 is 0 Å². The summed E-state index contributed by atoms with van der Waals surface area (Å²) in [4.78, 5) is 12.1. The topological polar surface area (TPSA) is 57.8 Å². The molecule has 1 aromatic heterocycles. The highest BCUT2D eigenvalue weighted by Crippen LogP contribution is 2.17. The number of hydrogen-bond donors (Lipinski definition) is 2. The van der Waals surface area contributed by atoms with E-state index in [-0.39, 0.29) is 5.91 Å². The van der Waals surface area contributed by atoms with Crippen LogP contribution in [0, 0.1) is 13.8 Å². The maximum absolute atomic E-state index is 12.1. The van der Waals surface area contributed by atoms with Crippen LogP contribution < -0.4 is 5.32 Å². The molecule has 2 aromatic carbocycles. The molecule has 2 N–H and O–H groups in total. The molecule has 0 radical (unpaired) electrons. The van der Waals surface area contributed by atoms with Crippen molar-refractivity contribution >= 4 is 22.5 Å². The molecular weight excluding hydrogens is 262 g/mol. The summed E-state index contributed by atoms with van der Waals surface area (Å²) >= 11 is 0. The number of hydrogen-bond acceptors (Lipinski definition) is 2. The zero-order valence-electron chi connectivity index (χ0n) is 12.1. The fourth-order valence-corrected chi connectivity index (χ4v) is 2.32. The minimum absolute atomic E-state index is 0.0166. The second-order valence-electron chi connectivity index (χ2n) is 5.32. The zero-order valence-corrected chi connectivity index (χ0v) is 12.1. The van der Waals surface area contributed by atoms with Crippen LogP contribution in [0.3, 0.4) is 0 Å². The highest BCUT2D eigenvalue weighted by Gasteiger charge is 2.06. The molecule has 1 amide bonds. The second-order valence-corrected chi connectivity index (χ2v) is 5.32. The van der Waals surface area contributed by atoms with Crippen molar-refractivity contribution in [2.24, 2.45) is 0 Å². The summed E-state index contributed by atoms with van der Waals surface area (Å²) in [7, 11) is 0. The first-order chi connectivity index (χ1) is 10.1. The zero-order chi connectivity index (χ0) is 14.8. The summed E-state index contributed by atoms with van der Waals surface area (Å²) in [5.74, 6) is -0.0166. The number of fused-ring (bicyclic) bond motifs is 1. The van der Waals surface area contributed by atoms with Crippen LogP contribution in [-0.4, -0.2) is 16.1 Å². The van der Waals surface area contributed by atoms with Crippen molar-refractivity contribution in [3.05, 3.63) is 59.3 Å². The maximum Gasteiger partial charge on any atom is 0.228 e. The molecule has 0 bridgehead atoms. The van der Waals surface area contributed by atoms with Gasteiger partial charge in [-0.05, 0) is 48.7 Å². The van der Waals surface area contributed by atoms with Crippen LogP contribution in [0.1, 0.15) is 16.7 Å². The number of nitrogens with one attached hydrogen (secondary N) is 2. The minimum Gasteiger partial charge on any atom is -0.326 e. The van der Waals surface area contributed by atoms with Crippen LogP contribution in [0.5, 0.6) is 0 Å². The number of aryl methyl sites for hydroxylation is 2. The molecule has 0 aliphatic carbocycles. The van der Waals surface area contributed by atoms with E-state index in [2.05, 4.69) is 41.5 Å². The van der Waals surface area contributed by atoms with Gasteiger partial charge in [0, 0.05) is 11.1 Å². The van der Waals surface area contributed by atoms with E-state index in [9.17, 15) is 4.79 Å². The molecular formula is C17H17N3O. The Morgan fingerprint density at radius 1 is 1.14 bits per heavy atom. The van der Waals surface area contributed by atoms with Crippen molar-refractivity contribution in [1.29, 1.82) is 0 Å². The lowest BCUT2D eigenvalue weighted by atomic mass is 10.0. The van der Waals surface area contributed by atoms with Gasteiger partial charge < -0.3 is 5.32 Å². The molecule has 0 aliphatic rings. The van der Waals surface area contributed by atoms with Gasteiger partial charge in [-0.15, -0.1) is 0 Å². The van der Waals surface area contributed by atoms with E-state index in [0.717, 1.165) is 22.2 Å². The van der Waals surface area contributed by atoms with Crippen molar-refractivity contribution < 1.29 is 4.79 Å². The predicted molar refractivity (Wildman–Crippen MR) is 84.3 cm³/mol. The molecule has 3 rings (SSSR count). The molecule has 4 heteroatoms. The van der Waals surface area contributed by atoms with Crippen LogP contribution in [-0.2, 0) is 11.2 Å².